The maximum absolute atomic E-state index is 12.6. The number of halogens is 3. The first-order valence-corrected chi connectivity index (χ1v) is 7.89. The van der Waals surface area contributed by atoms with Crippen molar-refractivity contribution in [3.8, 4) is 0 Å². The summed E-state index contributed by atoms with van der Waals surface area (Å²) in [6.45, 7) is 3.17. The molecule has 1 amide bonds. The second kappa shape index (κ2) is 6.73. The second-order valence-corrected chi connectivity index (χ2v) is 6.04. The number of rotatable bonds is 4. The smallest absolute Gasteiger partial charge is 0.356 e. The molecule has 1 aliphatic heterocycles. The molecular formula is C16H18F3N5O. The third kappa shape index (κ3) is 4.09. The average Bonchev–Trinajstić information content (AvgIpc) is 3.21. The molecular weight excluding hydrogens is 335 g/mol. The highest BCUT2D eigenvalue weighted by Gasteiger charge is 2.32. The average molecular weight is 353 g/mol. The fraction of sp³-hybridized carbons (Fsp3) is 0.438. The number of aromatic amines is 1. The summed E-state index contributed by atoms with van der Waals surface area (Å²) >= 11 is 0. The third-order valence-electron chi connectivity index (χ3n) is 4.15. The Balaban J connectivity index is 1.62. The third-order valence-corrected chi connectivity index (χ3v) is 4.15. The fourth-order valence-corrected chi connectivity index (χ4v) is 2.83. The molecule has 0 radical (unpaired) electrons. The van der Waals surface area contributed by atoms with Crippen molar-refractivity contribution in [1.29, 1.82) is 0 Å². The first-order valence-electron chi connectivity index (χ1n) is 7.89. The molecule has 0 spiro atoms. The molecule has 1 fully saturated rings. The molecule has 3 rings (SSSR count). The van der Waals surface area contributed by atoms with Crippen LogP contribution in [0.4, 0.5) is 19.0 Å². The molecule has 2 aromatic rings. The summed E-state index contributed by atoms with van der Waals surface area (Å²) in [6, 6.07) is 2.45. The zero-order valence-corrected chi connectivity index (χ0v) is 13.6. The van der Waals surface area contributed by atoms with Gasteiger partial charge in [0.2, 0.25) is 5.91 Å². The molecule has 3 heterocycles. The molecule has 9 heteroatoms. The van der Waals surface area contributed by atoms with E-state index < -0.39 is 11.7 Å². The quantitative estimate of drug-likeness (QED) is 0.886. The van der Waals surface area contributed by atoms with Gasteiger partial charge in [-0.25, -0.2) is 9.97 Å². The minimum atomic E-state index is -4.38. The van der Waals surface area contributed by atoms with Crippen molar-refractivity contribution in [2.24, 2.45) is 0 Å². The number of pyridine rings is 1. The first kappa shape index (κ1) is 17.2. The number of anilines is 1. The molecule has 0 saturated carbocycles. The van der Waals surface area contributed by atoms with E-state index in [2.05, 4.69) is 20.3 Å². The lowest BCUT2D eigenvalue weighted by atomic mass is 10.1. The molecule has 1 saturated heterocycles. The summed E-state index contributed by atoms with van der Waals surface area (Å²) in [4.78, 5) is 24.4. The Morgan fingerprint density at radius 2 is 2.16 bits per heavy atom. The normalized spacial score (nSPS) is 17.8. The minimum absolute atomic E-state index is 0.114. The lowest BCUT2D eigenvalue weighted by Gasteiger charge is -2.17. The Morgan fingerprint density at radius 3 is 2.80 bits per heavy atom. The maximum atomic E-state index is 12.6. The SMILES string of the molecule is CC(=O)NCc1cnc([C@@H]2CCN(c3ccc(C(F)(F)F)cn3)C2)[nH]1. The van der Waals surface area contributed by atoms with Gasteiger partial charge in [0.25, 0.3) is 0 Å². The lowest BCUT2D eigenvalue weighted by Crippen LogP contribution is -2.21. The van der Waals surface area contributed by atoms with Crippen LogP contribution in [0.2, 0.25) is 0 Å². The highest BCUT2D eigenvalue weighted by molar-refractivity contribution is 5.72. The highest BCUT2D eigenvalue weighted by atomic mass is 19.4. The number of amides is 1. The van der Waals surface area contributed by atoms with E-state index in [4.69, 9.17) is 0 Å². The Labute approximate surface area is 142 Å². The number of hydrogen-bond donors (Lipinski definition) is 2. The van der Waals surface area contributed by atoms with E-state index in [1.807, 2.05) is 4.90 Å². The van der Waals surface area contributed by atoms with Crippen LogP contribution in [0.25, 0.3) is 0 Å². The summed E-state index contributed by atoms with van der Waals surface area (Å²) in [5.74, 6) is 1.38. The molecule has 25 heavy (non-hydrogen) atoms. The number of nitrogens with one attached hydrogen (secondary N) is 2. The zero-order valence-electron chi connectivity index (χ0n) is 13.6. The summed E-state index contributed by atoms with van der Waals surface area (Å²) in [5.41, 5.74) is 0.0666. The summed E-state index contributed by atoms with van der Waals surface area (Å²) in [5, 5.41) is 2.70. The minimum Gasteiger partial charge on any atom is -0.356 e. The summed E-state index contributed by atoms with van der Waals surface area (Å²) in [7, 11) is 0. The van der Waals surface area contributed by atoms with Crippen molar-refractivity contribution in [3.05, 3.63) is 41.6 Å². The lowest BCUT2D eigenvalue weighted by molar-refractivity contribution is -0.137. The molecule has 2 aromatic heterocycles. The monoisotopic (exact) mass is 353 g/mol. The Hall–Kier alpha value is -2.58. The Morgan fingerprint density at radius 1 is 1.36 bits per heavy atom. The van der Waals surface area contributed by atoms with Gasteiger partial charge in [0.15, 0.2) is 0 Å². The Kier molecular flexibility index (Phi) is 4.65. The molecule has 1 aliphatic rings. The van der Waals surface area contributed by atoms with Crippen LogP contribution in [0.1, 0.15) is 36.3 Å². The topological polar surface area (TPSA) is 73.9 Å². The number of carbonyl (C=O) groups is 1. The van der Waals surface area contributed by atoms with Gasteiger partial charge in [-0.05, 0) is 18.6 Å². The van der Waals surface area contributed by atoms with Crippen molar-refractivity contribution in [2.45, 2.75) is 32.0 Å². The number of carbonyl (C=O) groups excluding carboxylic acids is 1. The predicted molar refractivity (Wildman–Crippen MR) is 84.9 cm³/mol. The Bertz CT molecular complexity index is 741. The van der Waals surface area contributed by atoms with Gasteiger partial charge in [-0.1, -0.05) is 0 Å². The maximum Gasteiger partial charge on any atom is 0.417 e. The van der Waals surface area contributed by atoms with Crippen molar-refractivity contribution in [2.75, 3.05) is 18.0 Å². The summed E-state index contributed by atoms with van der Waals surface area (Å²) in [6.07, 6.45) is -1.00. The molecule has 0 bridgehead atoms. The van der Waals surface area contributed by atoms with Gasteiger partial charge >= 0.3 is 6.18 Å². The van der Waals surface area contributed by atoms with Gasteiger partial charge in [0.05, 0.1) is 24.0 Å². The fourth-order valence-electron chi connectivity index (χ4n) is 2.83. The number of hydrogen-bond acceptors (Lipinski definition) is 4. The molecule has 0 aromatic carbocycles. The number of nitrogens with zero attached hydrogens (tertiary/aromatic N) is 3. The van der Waals surface area contributed by atoms with E-state index in [-0.39, 0.29) is 11.8 Å². The van der Waals surface area contributed by atoms with Crippen LogP contribution in [0, 0.1) is 0 Å². The highest BCUT2D eigenvalue weighted by Crippen LogP contribution is 2.31. The zero-order chi connectivity index (χ0) is 18.0. The largest absolute Gasteiger partial charge is 0.417 e. The van der Waals surface area contributed by atoms with Crippen LogP contribution < -0.4 is 10.2 Å². The number of aromatic nitrogens is 3. The molecule has 6 nitrogen and oxygen atoms in total. The second-order valence-electron chi connectivity index (χ2n) is 6.04. The van der Waals surface area contributed by atoms with Gasteiger partial charge in [-0.15, -0.1) is 0 Å². The van der Waals surface area contributed by atoms with E-state index >= 15 is 0 Å². The van der Waals surface area contributed by atoms with E-state index in [9.17, 15) is 18.0 Å². The summed E-state index contributed by atoms with van der Waals surface area (Å²) < 4.78 is 37.8. The van der Waals surface area contributed by atoms with E-state index in [0.29, 0.717) is 25.5 Å². The van der Waals surface area contributed by atoms with E-state index in [0.717, 1.165) is 30.2 Å². The van der Waals surface area contributed by atoms with Crippen LogP contribution in [-0.4, -0.2) is 33.9 Å². The molecule has 1 atom stereocenters. The number of imidazole rings is 1. The standard InChI is InChI=1S/C16H18F3N5O/c1-10(25)20-7-13-8-22-15(23-13)11-4-5-24(9-11)14-3-2-12(6-21-14)16(17,18)19/h2-3,6,8,11H,4-5,7,9H2,1H3,(H,20,25)(H,22,23)/t11-/m1/s1. The number of H-pyrrole nitrogens is 1. The van der Waals surface area contributed by atoms with Crippen molar-refractivity contribution in [1.82, 2.24) is 20.3 Å². The molecule has 0 aliphatic carbocycles. The van der Waals surface area contributed by atoms with Crippen LogP contribution in [0.5, 0.6) is 0 Å². The van der Waals surface area contributed by atoms with Crippen molar-refractivity contribution in [3.63, 3.8) is 0 Å². The van der Waals surface area contributed by atoms with Gasteiger partial charge in [0.1, 0.15) is 11.6 Å². The van der Waals surface area contributed by atoms with Crippen molar-refractivity contribution >= 4 is 11.7 Å². The number of alkyl halides is 3. The van der Waals surface area contributed by atoms with Crippen LogP contribution in [-0.2, 0) is 17.5 Å². The van der Waals surface area contributed by atoms with Gasteiger partial charge in [-0.2, -0.15) is 13.2 Å². The van der Waals surface area contributed by atoms with Gasteiger partial charge in [0, 0.05) is 32.1 Å². The van der Waals surface area contributed by atoms with Gasteiger partial charge in [-0.3, -0.25) is 4.79 Å². The van der Waals surface area contributed by atoms with Crippen LogP contribution in [0.15, 0.2) is 24.5 Å². The molecule has 134 valence electrons. The van der Waals surface area contributed by atoms with E-state index in [1.165, 1.54) is 13.0 Å². The molecule has 2 N–H and O–H groups in total. The van der Waals surface area contributed by atoms with Gasteiger partial charge < -0.3 is 15.2 Å². The first-order chi connectivity index (χ1) is 11.8. The predicted octanol–water partition coefficient (Wildman–Crippen LogP) is 2.45. The van der Waals surface area contributed by atoms with Crippen molar-refractivity contribution < 1.29 is 18.0 Å². The van der Waals surface area contributed by atoms with Crippen LogP contribution >= 0.6 is 0 Å². The van der Waals surface area contributed by atoms with Crippen LogP contribution in [0.3, 0.4) is 0 Å². The molecule has 0 unspecified atom stereocenters. The van der Waals surface area contributed by atoms with E-state index in [1.54, 1.807) is 6.20 Å².